The van der Waals surface area contributed by atoms with E-state index in [1.807, 2.05) is 0 Å². The molecule has 0 bridgehead atoms. The zero-order chi connectivity index (χ0) is 26.0. The molecule has 2 aromatic carbocycles. The van der Waals surface area contributed by atoms with E-state index in [0.29, 0.717) is 5.02 Å². The number of benzene rings is 2. The lowest BCUT2D eigenvalue weighted by Crippen LogP contribution is -2.43. The molecule has 0 spiro atoms. The van der Waals surface area contributed by atoms with Crippen molar-refractivity contribution < 1.29 is 27.8 Å². The van der Waals surface area contributed by atoms with Crippen LogP contribution in [0, 0.1) is 0 Å². The molecule has 0 fully saturated rings. The van der Waals surface area contributed by atoms with Crippen LogP contribution in [0.25, 0.3) is 0 Å². The van der Waals surface area contributed by atoms with E-state index >= 15 is 0 Å². The summed E-state index contributed by atoms with van der Waals surface area (Å²) in [7, 11) is 1.45. The highest BCUT2D eigenvalue weighted by atomic mass is 35.5. The van der Waals surface area contributed by atoms with Gasteiger partial charge in [-0.2, -0.15) is 0 Å². The van der Waals surface area contributed by atoms with Gasteiger partial charge in [0.05, 0.1) is 0 Å². The SMILES string of the molecule is Cn1c2c(c(=O)n(CCCO)c1=O)N(Cc1ccc(Cl)cc1)C(Oc1ccccc1OC(F)(F)F)N2. The Labute approximate surface area is 207 Å². The van der Waals surface area contributed by atoms with E-state index < -0.39 is 29.7 Å². The van der Waals surface area contributed by atoms with Crippen molar-refractivity contribution in [2.45, 2.75) is 32.2 Å². The topological polar surface area (TPSA) is 98.0 Å². The molecule has 2 N–H and O–H groups in total. The van der Waals surface area contributed by atoms with Crippen LogP contribution in [0.4, 0.5) is 24.7 Å². The van der Waals surface area contributed by atoms with Crippen LogP contribution in [-0.2, 0) is 20.1 Å². The lowest BCUT2D eigenvalue weighted by Gasteiger charge is -2.27. The van der Waals surface area contributed by atoms with Crippen LogP contribution in [0.2, 0.25) is 5.02 Å². The Hall–Kier alpha value is -3.64. The number of hydrogen-bond donors (Lipinski definition) is 2. The predicted octanol–water partition coefficient (Wildman–Crippen LogP) is 3.28. The van der Waals surface area contributed by atoms with Crippen molar-refractivity contribution in [1.29, 1.82) is 0 Å². The standard InChI is InChI=1S/C23H22ClF3N4O5/c1-29-19-18(20(33)30(22(29)34)11-4-12-32)31(13-14-7-9-15(24)10-8-14)21(28-19)35-16-5-2-3-6-17(16)36-23(25,26)27/h2-3,5-10,21,28,32H,4,11-13H2,1H3. The van der Waals surface area contributed by atoms with Gasteiger partial charge in [-0.15, -0.1) is 13.2 Å². The predicted molar refractivity (Wildman–Crippen MR) is 126 cm³/mol. The van der Waals surface area contributed by atoms with Crippen LogP contribution in [0.5, 0.6) is 11.5 Å². The number of hydrogen-bond acceptors (Lipinski definition) is 7. The molecule has 36 heavy (non-hydrogen) atoms. The number of para-hydroxylation sites is 2. The highest BCUT2D eigenvalue weighted by molar-refractivity contribution is 6.30. The summed E-state index contributed by atoms with van der Waals surface area (Å²) in [6.45, 7) is -0.142. The minimum atomic E-state index is -4.95. The van der Waals surface area contributed by atoms with Crippen LogP contribution in [0.15, 0.2) is 58.1 Å². The van der Waals surface area contributed by atoms with Crippen molar-refractivity contribution >= 4 is 23.1 Å². The molecule has 4 rings (SSSR count). The zero-order valence-corrected chi connectivity index (χ0v) is 19.7. The molecule has 1 unspecified atom stereocenters. The number of rotatable bonds is 8. The molecule has 2 heterocycles. The number of anilines is 2. The van der Waals surface area contributed by atoms with Gasteiger partial charge >= 0.3 is 12.1 Å². The van der Waals surface area contributed by atoms with Crippen LogP contribution >= 0.6 is 11.6 Å². The number of ether oxygens (including phenoxy) is 2. The summed E-state index contributed by atoms with van der Waals surface area (Å²) < 4.78 is 51.0. The summed E-state index contributed by atoms with van der Waals surface area (Å²) in [5.41, 5.74) is -0.441. The first-order valence-electron chi connectivity index (χ1n) is 10.8. The molecular weight excluding hydrogens is 505 g/mol. The molecule has 13 heteroatoms. The van der Waals surface area contributed by atoms with Gasteiger partial charge in [0.1, 0.15) is 11.5 Å². The normalized spacial score (nSPS) is 14.9. The van der Waals surface area contributed by atoms with Crippen molar-refractivity contribution in [3.8, 4) is 11.5 Å². The number of alkyl halides is 3. The number of aliphatic hydroxyl groups is 1. The van der Waals surface area contributed by atoms with Gasteiger partial charge in [0, 0.05) is 31.8 Å². The van der Waals surface area contributed by atoms with Gasteiger partial charge in [0.15, 0.2) is 11.5 Å². The Bertz CT molecular complexity index is 1360. The molecule has 0 aliphatic carbocycles. The van der Waals surface area contributed by atoms with Gasteiger partial charge in [-0.05, 0) is 36.2 Å². The van der Waals surface area contributed by atoms with Crippen LogP contribution in [0.3, 0.4) is 0 Å². The van der Waals surface area contributed by atoms with E-state index in [9.17, 15) is 27.9 Å². The number of aliphatic hydroxyl groups excluding tert-OH is 1. The Morgan fingerprint density at radius 2 is 1.75 bits per heavy atom. The van der Waals surface area contributed by atoms with Gasteiger partial charge in [-0.3, -0.25) is 13.9 Å². The van der Waals surface area contributed by atoms with Crippen molar-refractivity contribution in [2.75, 3.05) is 16.8 Å². The molecule has 9 nitrogen and oxygen atoms in total. The largest absolute Gasteiger partial charge is 0.573 e. The molecule has 1 aliphatic heterocycles. The smallest absolute Gasteiger partial charge is 0.448 e. The molecule has 1 atom stereocenters. The van der Waals surface area contributed by atoms with Crippen LogP contribution in [0.1, 0.15) is 12.0 Å². The van der Waals surface area contributed by atoms with Crippen molar-refractivity contribution in [1.82, 2.24) is 9.13 Å². The van der Waals surface area contributed by atoms with E-state index in [1.54, 1.807) is 24.3 Å². The number of halogens is 4. The Morgan fingerprint density at radius 3 is 2.39 bits per heavy atom. The Kier molecular flexibility index (Phi) is 7.18. The number of aromatic nitrogens is 2. The molecular formula is C23H22ClF3N4O5. The second-order valence-corrected chi connectivity index (χ2v) is 8.37. The molecule has 0 saturated heterocycles. The van der Waals surface area contributed by atoms with E-state index in [0.717, 1.165) is 16.2 Å². The highest BCUT2D eigenvalue weighted by Crippen LogP contribution is 2.37. The summed E-state index contributed by atoms with van der Waals surface area (Å²) in [4.78, 5) is 27.7. The molecule has 0 amide bonds. The highest BCUT2D eigenvalue weighted by Gasteiger charge is 2.38. The number of nitrogens with one attached hydrogen (secondary N) is 1. The molecule has 3 aromatic rings. The first-order chi connectivity index (χ1) is 17.1. The summed E-state index contributed by atoms with van der Waals surface area (Å²) in [5.74, 6) is -0.659. The zero-order valence-electron chi connectivity index (χ0n) is 19.0. The average molecular weight is 527 g/mol. The van der Waals surface area contributed by atoms with Gasteiger partial charge in [0.25, 0.3) is 11.9 Å². The van der Waals surface area contributed by atoms with Gasteiger partial charge in [-0.25, -0.2) is 4.79 Å². The minimum Gasteiger partial charge on any atom is -0.448 e. The Morgan fingerprint density at radius 1 is 1.08 bits per heavy atom. The molecule has 192 valence electrons. The van der Waals surface area contributed by atoms with E-state index in [-0.39, 0.29) is 43.4 Å². The fourth-order valence-corrected chi connectivity index (χ4v) is 3.96. The van der Waals surface area contributed by atoms with Crippen LogP contribution < -0.4 is 30.9 Å². The van der Waals surface area contributed by atoms with E-state index in [2.05, 4.69) is 10.1 Å². The third kappa shape index (κ3) is 5.29. The van der Waals surface area contributed by atoms with Crippen molar-refractivity contribution in [3.05, 3.63) is 80.0 Å². The monoisotopic (exact) mass is 526 g/mol. The number of fused-ring (bicyclic) bond motifs is 1. The minimum absolute atomic E-state index is 0.0160. The molecule has 0 radical (unpaired) electrons. The fourth-order valence-electron chi connectivity index (χ4n) is 3.83. The third-order valence-electron chi connectivity index (χ3n) is 5.48. The summed E-state index contributed by atoms with van der Waals surface area (Å²) in [6.07, 6.45) is -5.93. The van der Waals surface area contributed by atoms with Crippen molar-refractivity contribution in [3.63, 3.8) is 0 Å². The number of nitrogens with zero attached hydrogens (tertiary/aromatic N) is 3. The van der Waals surface area contributed by atoms with Crippen LogP contribution in [-0.4, -0.2) is 33.6 Å². The fraction of sp³-hybridized carbons (Fsp3) is 0.304. The quantitative estimate of drug-likeness (QED) is 0.465. The average Bonchev–Trinajstić information content (AvgIpc) is 3.17. The maximum absolute atomic E-state index is 13.4. The maximum Gasteiger partial charge on any atom is 0.573 e. The van der Waals surface area contributed by atoms with E-state index in [1.165, 1.54) is 34.7 Å². The second kappa shape index (κ2) is 10.2. The molecule has 1 aromatic heterocycles. The first-order valence-corrected chi connectivity index (χ1v) is 11.2. The maximum atomic E-state index is 13.4. The summed E-state index contributed by atoms with van der Waals surface area (Å²) >= 11 is 5.98. The molecule has 0 saturated carbocycles. The summed E-state index contributed by atoms with van der Waals surface area (Å²) in [5, 5.41) is 12.6. The lowest BCUT2D eigenvalue weighted by molar-refractivity contribution is -0.275. The Balaban J connectivity index is 1.78. The summed E-state index contributed by atoms with van der Waals surface area (Å²) in [6, 6.07) is 12.0. The second-order valence-electron chi connectivity index (χ2n) is 7.94. The van der Waals surface area contributed by atoms with Crippen molar-refractivity contribution in [2.24, 2.45) is 7.05 Å². The van der Waals surface area contributed by atoms with Gasteiger partial charge < -0.3 is 24.8 Å². The molecule has 1 aliphatic rings. The van der Waals surface area contributed by atoms with Gasteiger partial charge in [0.2, 0.25) is 0 Å². The van der Waals surface area contributed by atoms with E-state index in [4.69, 9.17) is 16.3 Å². The lowest BCUT2D eigenvalue weighted by atomic mass is 10.2. The van der Waals surface area contributed by atoms with Gasteiger partial charge in [-0.1, -0.05) is 35.9 Å². The first kappa shape index (κ1) is 25.5. The third-order valence-corrected chi connectivity index (χ3v) is 5.73.